The van der Waals surface area contributed by atoms with E-state index in [0.717, 1.165) is 19.3 Å². The SMILES string of the molecule is CC(C)C[C@@H](C)N(CC1CC1)[C@@H](C(C)C)C(F)(F)F. The normalized spacial score (nSPS) is 20.4. The van der Waals surface area contributed by atoms with Crippen LogP contribution in [0.5, 0.6) is 0 Å². The van der Waals surface area contributed by atoms with Crippen LogP contribution in [0.15, 0.2) is 0 Å². The summed E-state index contributed by atoms with van der Waals surface area (Å²) in [5.41, 5.74) is 0. The van der Waals surface area contributed by atoms with E-state index in [1.807, 2.05) is 6.92 Å². The molecule has 0 N–H and O–H groups in total. The molecular weight excluding hydrogens is 251 g/mol. The average Bonchev–Trinajstić information content (AvgIpc) is 2.96. The minimum Gasteiger partial charge on any atom is -0.289 e. The highest BCUT2D eigenvalue weighted by Gasteiger charge is 2.47. The van der Waals surface area contributed by atoms with Crippen molar-refractivity contribution in [3.05, 3.63) is 0 Å². The standard InChI is InChI=1S/C15H28F3N/c1-10(2)8-12(5)19(9-13-6-7-13)14(11(3)4)15(16,17)18/h10-14H,6-9H2,1-5H3/t12-,14+/m1/s1. The fourth-order valence-electron chi connectivity index (χ4n) is 2.93. The van der Waals surface area contributed by atoms with Crippen molar-refractivity contribution in [3.8, 4) is 0 Å². The molecule has 0 radical (unpaired) electrons. The first-order chi connectivity index (χ1) is 8.62. The predicted molar refractivity (Wildman–Crippen MR) is 73.0 cm³/mol. The average molecular weight is 279 g/mol. The Morgan fingerprint density at radius 2 is 1.58 bits per heavy atom. The Labute approximate surface area is 115 Å². The van der Waals surface area contributed by atoms with Gasteiger partial charge in [-0.15, -0.1) is 0 Å². The van der Waals surface area contributed by atoms with Crippen LogP contribution in [0, 0.1) is 17.8 Å². The van der Waals surface area contributed by atoms with Crippen molar-refractivity contribution >= 4 is 0 Å². The summed E-state index contributed by atoms with van der Waals surface area (Å²) < 4.78 is 40.0. The summed E-state index contributed by atoms with van der Waals surface area (Å²) in [5.74, 6) is 0.518. The number of hydrogen-bond donors (Lipinski definition) is 0. The van der Waals surface area contributed by atoms with E-state index in [1.54, 1.807) is 18.7 Å². The highest BCUT2D eigenvalue weighted by atomic mass is 19.4. The van der Waals surface area contributed by atoms with Crippen molar-refractivity contribution in [1.82, 2.24) is 4.90 Å². The monoisotopic (exact) mass is 279 g/mol. The first-order valence-corrected chi connectivity index (χ1v) is 7.45. The van der Waals surface area contributed by atoms with E-state index in [1.165, 1.54) is 0 Å². The van der Waals surface area contributed by atoms with Gasteiger partial charge in [0.1, 0.15) is 6.04 Å². The Bertz CT molecular complexity index is 269. The topological polar surface area (TPSA) is 3.24 Å². The van der Waals surface area contributed by atoms with Crippen LogP contribution in [0.1, 0.15) is 53.9 Å². The van der Waals surface area contributed by atoms with E-state index in [-0.39, 0.29) is 6.04 Å². The predicted octanol–water partition coefficient (Wildman–Crippen LogP) is 4.72. The summed E-state index contributed by atoms with van der Waals surface area (Å²) in [4.78, 5) is 1.72. The van der Waals surface area contributed by atoms with Crippen LogP contribution in [-0.2, 0) is 0 Å². The molecule has 0 spiro atoms. The molecule has 2 atom stereocenters. The molecule has 0 unspecified atom stereocenters. The molecule has 0 saturated heterocycles. The lowest BCUT2D eigenvalue weighted by Crippen LogP contribution is -2.53. The number of nitrogens with zero attached hydrogens (tertiary/aromatic N) is 1. The van der Waals surface area contributed by atoms with Crippen LogP contribution in [0.3, 0.4) is 0 Å². The Balaban J connectivity index is 2.85. The number of rotatable bonds is 7. The van der Waals surface area contributed by atoms with Gasteiger partial charge in [0, 0.05) is 12.6 Å². The molecule has 114 valence electrons. The largest absolute Gasteiger partial charge is 0.404 e. The van der Waals surface area contributed by atoms with Gasteiger partial charge in [0.2, 0.25) is 0 Å². The molecule has 1 rings (SSSR count). The van der Waals surface area contributed by atoms with Crippen molar-refractivity contribution in [2.75, 3.05) is 6.54 Å². The first kappa shape index (κ1) is 16.8. The van der Waals surface area contributed by atoms with E-state index in [9.17, 15) is 13.2 Å². The minimum absolute atomic E-state index is 0.00498. The second kappa shape index (κ2) is 6.47. The van der Waals surface area contributed by atoms with Gasteiger partial charge in [-0.05, 0) is 43.9 Å². The number of hydrogen-bond acceptors (Lipinski definition) is 1. The van der Waals surface area contributed by atoms with E-state index in [4.69, 9.17) is 0 Å². The van der Waals surface area contributed by atoms with E-state index < -0.39 is 18.1 Å². The third kappa shape index (κ3) is 5.33. The van der Waals surface area contributed by atoms with Gasteiger partial charge in [0.25, 0.3) is 0 Å². The zero-order chi connectivity index (χ0) is 14.8. The summed E-state index contributed by atoms with van der Waals surface area (Å²) in [6, 6.07) is -1.31. The third-order valence-electron chi connectivity index (χ3n) is 3.87. The van der Waals surface area contributed by atoms with Crippen LogP contribution in [0.4, 0.5) is 13.2 Å². The van der Waals surface area contributed by atoms with Gasteiger partial charge in [0.05, 0.1) is 0 Å². The van der Waals surface area contributed by atoms with Gasteiger partial charge in [-0.2, -0.15) is 13.2 Å². The molecule has 0 aromatic carbocycles. The van der Waals surface area contributed by atoms with E-state index >= 15 is 0 Å². The van der Waals surface area contributed by atoms with Gasteiger partial charge in [-0.25, -0.2) is 0 Å². The zero-order valence-electron chi connectivity index (χ0n) is 12.8. The minimum atomic E-state index is -4.13. The fraction of sp³-hybridized carbons (Fsp3) is 1.00. The smallest absolute Gasteiger partial charge is 0.289 e. The molecule has 0 aromatic rings. The van der Waals surface area contributed by atoms with E-state index in [2.05, 4.69) is 13.8 Å². The van der Waals surface area contributed by atoms with Gasteiger partial charge in [-0.3, -0.25) is 4.90 Å². The second-order valence-electron chi connectivity index (χ2n) is 6.85. The number of alkyl halides is 3. The van der Waals surface area contributed by atoms with Gasteiger partial charge >= 0.3 is 6.18 Å². The summed E-state index contributed by atoms with van der Waals surface area (Å²) in [6.07, 6.45) is -1.12. The quantitative estimate of drug-likeness (QED) is 0.652. The maximum absolute atomic E-state index is 13.3. The van der Waals surface area contributed by atoms with Gasteiger partial charge < -0.3 is 0 Å². The molecule has 1 nitrogen and oxygen atoms in total. The lowest BCUT2D eigenvalue weighted by molar-refractivity contribution is -0.201. The Hall–Kier alpha value is -0.250. The molecule has 19 heavy (non-hydrogen) atoms. The van der Waals surface area contributed by atoms with Crippen LogP contribution in [0.25, 0.3) is 0 Å². The highest BCUT2D eigenvalue weighted by Crippen LogP contribution is 2.37. The van der Waals surface area contributed by atoms with Crippen molar-refractivity contribution in [2.45, 2.75) is 72.1 Å². The molecule has 0 aromatic heterocycles. The maximum Gasteiger partial charge on any atom is 0.404 e. The lowest BCUT2D eigenvalue weighted by atomic mass is 9.96. The highest BCUT2D eigenvalue weighted by molar-refractivity contribution is 4.89. The zero-order valence-corrected chi connectivity index (χ0v) is 12.8. The van der Waals surface area contributed by atoms with Crippen molar-refractivity contribution in [3.63, 3.8) is 0 Å². The first-order valence-electron chi connectivity index (χ1n) is 7.45. The Morgan fingerprint density at radius 1 is 1.05 bits per heavy atom. The van der Waals surface area contributed by atoms with Crippen LogP contribution >= 0.6 is 0 Å². The van der Waals surface area contributed by atoms with Gasteiger partial charge in [-0.1, -0.05) is 27.7 Å². The molecule has 1 aliphatic carbocycles. The molecule has 0 aliphatic heterocycles. The van der Waals surface area contributed by atoms with Gasteiger partial charge in [0.15, 0.2) is 0 Å². The Kier molecular flexibility index (Phi) is 5.72. The summed E-state index contributed by atoms with van der Waals surface area (Å²) in [7, 11) is 0. The van der Waals surface area contributed by atoms with Crippen molar-refractivity contribution < 1.29 is 13.2 Å². The van der Waals surface area contributed by atoms with Crippen molar-refractivity contribution in [2.24, 2.45) is 17.8 Å². The molecular formula is C15H28F3N. The molecule has 1 aliphatic rings. The molecule has 4 heteroatoms. The Morgan fingerprint density at radius 3 is 1.89 bits per heavy atom. The summed E-state index contributed by atoms with van der Waals surface area (Å²) in [6.45, 7) is 10.1. The summed E-state index contributed by atoms with van der Waals surface area (Å²) >= 11 is 0. The van der Waals surface area contributed by atoms with Crippen LogP contribution in [-0.4, -0.2) is 29.7 Å². The van der Waals surface area contributed by atoms with Crippen molar-refractivity contribution in [1.29, 1.82) is 0 Å². The lowest BCUT2D eigenvalue weighted by Gasteiger charge is -2.40. The molecule has 0 amide bonds. The molecule has 0 heterocycles. The third-order valence-corrected chi connectivity index (χ3v) is 3.87. The van der Waals surface area contributed by atoms with Crippen LogP contribution in [0.2, 0.25) is 0 Å². The fourth-order valence-corrected chi connectivity index (χ4v) is 2.93. The second-order valence-corrected chi connectivity index (χ2v) is 6.85. The molecule has 0 bridgehead atoms. The maximum atomic E-state index is 13.3. The molecule has 1 fully saturated rings. The van der Waals surface area contributed by atoms with Crippen LogP contribution < -0.4 is 0 Å². The molecule has 1 saturated carbocycles. The van der Waals surface area contributed by atoms with E-state index in [0.29, 0.717) is 18.4 Å². The summed E-state index contributed by atoms with van der Waals surface area (Å²) in [5, 5.41) is 0. The number of halogens is 3.